The molecule has 0 spiro atoms. The highest BCUT2D eigenvalue weighted by molar-refractivity contribution is 7.88. The second-order valence-corrected chi connectivity index (χ2v) is 6.41. The lowest BCUT2D eigenvalue weighted by molar-refractivity contribution is -0.140. The topological polar surface area (TPSA) is 74.7 Å². The lowest BCUT2D eigenvalue weighted by Crippen LogP contribution is -2.40. The minimum atomic E-state index is -3.69. The zero-order valence-electron chi connectivity index (χ0n) is 10.1. The van der Waals surface area contributed by atoms with Crippen LogP contribution < -0.4 is 0 Å². The van der Waals surface area contributed by atoms with Crippen LogP contribution in [-0.4, -0.2) is 36.4 Å². The standard InChI is InChI=1S/C12H14FNO4S/c13-10-5-3-9(4-6-10)8-19(17,18)14-7-1-2-11(14)12(15)16/h3-6,11H,1-2,7-8H2,(H,15,16)/t11-/m0/s1. The van der Waals surface area contributed by atoms with Crippen LogP contribution in [0.15, 0.2) is 24.3 Å². The number of benzene rings is 1. The Labute approximate surface area is 110 Å². The van der Waals surface area contributed by atoms with E-state index in [0.29, 0.717) is 18.4 Å². The van der Waals surface area contributed by atoms with Crippen molar-refractivity contribution in [2.45, 2.75) is 24.6 Å². The van der Waals surface area contributed by atoms with Gasteiger partial charge in [-0.05, 0) is 30.5 Å². The fraction of sp³-hybridized carbons (Fsp3) is 0.417. The normalized spacial score (nSPS) is 20.6. The zero-order chi connectivity index (χ0) is 14.0. The van der Waals surface area contributed by atoms with Crippen LogP contribution in [0.1, 0.15) is 18.4 Å². The minimum absolute atomic E-state index is 0.223. The number of hydrogen-bond donors (Lipinski definition) is 1. The van der Waals surface area contributed by atoms with Crippen LogP contribution >= 0.6 is 0 Å². The number of sulfonamides is 1. The van der Waals surface area contributed by atoms with Crippen molar-refractivity contribution in [3.63, 3.8) is 0 Å². The van der Waals surface area contributed by atoms with Gasteiger partial charge >= 0.3 is 5.97 Å². The summed E-state index contributed by atoms with van der Waals surface area (Å²) in [6.45, 7) is 0.223. The number of carboxylic acid groups (broad SMARTS) is 1. The molecular weight excluding hydrogens is 273 g/mol. The van der Waals surface area contributed by atoms with Crippen molar-refractivity contribution >= 4 is 16.0 Å². The molecule has 1 heterocycles. The van der Waals surface area contributed by atoms with Gasteiger partial charge in [0.2, 0.25) is 10.0 Å². The van der Waals surface area contributed by atoms with E-state index in [-0.39, 0.29) is 12.3 Å². The lowest BCUT2D eigenvalue weighted by Gasteiger charge is -2.20. The molecule has 0 aromatic heterocycles. The molecule has 1 atom stereocenters. The third-order valence-electron chi connectivity index (χ3n) is 3.11. The molecule has 0 amide bonds. The van der Waals surface area contributed by atoms with Gasteiger partial charge in [-0.3, -0.25) is 4.79 Å². The molecule has 0 aliphatic carbocycles. The van der Waals surface area contributed by atoms with Crippen LogP contribution in [0.2, 0.25) is 0 Å². The molecule has 104 valence electrons. The summed E-state index contributed by atoms with van der Waals surface area (Å²) in [5.41, 5.74) is 0.442. The van der Waals surface area contributed by atoms with Gasteiger partial charge in [0, 0.05) is 6.54 Å². The first-order valence-corrected chi connectivity index (χ1v) is 7.48. The van der Waals surface area contributed by atoms with E-state index in [0.717, 1.165) is 4.31 Å². The van der Waals surface area contributed by atoms with Gasteiger partial charge in [0.15, 0.2) is 0 Å². The lowest BCUT2D eigenvalue weighted by atomic mass is 10.2. The van der Waals surface area contributed by atoms with E-state index in [1.165, 1.54) is 24.3 Å². The predicted octanol–water partition coefficient (Wildman–Crippen LogP) is 1.20. The van der Waals surface area contributed by atoms with E-state index in [4.69, 9.17) is 5.11 Å². The quantitative estimate of drug-likeness (QED) is 0.903. The number of rotatable bonds is 4. The molecule has 7 heteroatoms. The number of nitrogens with zero attached hydrogens (tertiary/aromatic N) is 1. The Bertz CT molecular complexity index is 570. The number of hydrogen-bond acceptors (Lipinski definition) is 3. The van der Waals surface area contributed by atoms with E-state index in [9.17, 15) is 17.6 Å². The third kappa shape index (κ3) is 3.10. The summed E-state index contributed by atoms with van der Waals surface area (Å²) >= 11 is 0. The molecule has 2 rings (SSSR count). The fourth-order valence-electron chi connectivity index (χ4n) is 2.19. The molecule has 1 fully saturated rings. The van der Waals surface area contributed by atoms with Gasteiger partial charge in [-0.25, -0.2) is 12.8 Å². The van der Waals surface area contributed by atoms with Gasteiger partial charge in [-0.15, -0.1) is 0 Å². The average Bonchev–Trinajstić information content (AvgIpc) is 2.82. The number of carbonyl (C=O) groups is 1. The molecule has 1 aliphatic heterocycles. The Morgan fingerprint density at radius 1 is 1.37 bits per heavy atom. The third-order valence-corrected chi connectivity index (χ3v) is 4.96. The van der Waals surface area contributed by atoms with Crippen LogP contribution in [0.5, 0.6) is 0 Å². The second-order valence-electron chi connectivity index (χ2n) is 4.49. The molecule has 0 radical (unpaired) electrons. The summed E-state index contributed by atoms with van der Waals surface area (Å²) in [6.07, 6.45) is 0.873. The highest BCUT2D eigenvalue weighted by atomic mass is 32.2. The second kappa shape index (κ2) is 5.26. The number of carboxylic acids is 1. The minimum Gasteiger partial charge on any atom is -0.480 e. The maximum absolute atomic E-state index is 12.8. The van der Waals surface area contributed by atoms with Crippen molar-refractivity contribution in [1.82, 2.24) is 4.31 Å². The van der Waals surface area contributed by atoms with Gasteiger partial charge in [0.05, 0.1) is 5.75 Å². The van der Waals surface area contributed by atoms with E-state index in [1.807, 2.05) is 0 Å². The molecule has 0 unspecified atom stereocenters. The Morgan fingerprint density at radius 2 is 2.00 bits per heavy atom. The Balaban J connectivity index is 2.18. The van der Waals surface area contributed by atoms with Crippen LogP contribution in [0.4, 0.5) is 4.39 Å². The molecule has 1 aliphatic rings. The van der Waals surface area contributed by atoms with Crippen molar-refractivity contribution in [1.29, 1.82) is 0 Å². The summed E-state index contributed by atoms with van der Waals surface area (Å²) in [5.74, 6) is -1.87. The number of aliphatic carboxylic acids is 1. The van der Waals surface area contributed by atoms with E-state index in [2.05, 4.69) is 0 Å². The Morgan fingerprint density at radius 3 is 2.58 bits per heavy atom. The van der Waals surface area contributed by atoms with E-state index >= 15 is 0 Å². The largest absolute Gasteiger partial charge is 0.480 e. The first-order valence-electron chi connectivity index (χ1n) is 5.87. The molecule has 1 aromatic rings. The first kappa shape index (κ1) is 14.0. The van der Waals surface area contributed by atoms with Crippen LogP contribution in [0, 0.1) is 5.82 Å². The highest BCUT2D eigenvalue weighted by Crippen LogP contribution is 2.23. The van der Waals surface area contributed by atoms with Gasteiger partial charge in [0.1, 0.15) is 11.9 Å². The molecular formula is C12H14FNO4S. The Hall–Kier alpha value is -1.47. The van der Waals surface area contributed by atoms with Crippen molar-refractivity contribution in [2.75, 3.05) is 6.54 Å². The Kier molecular flexibility index (Phi) is 3.86. The van der Waals surface area contributed by atoms with Crippen molar-refractivity contribution < 1.29 is 22.7 Å². The van der Waals surface area contributed by atoms with Gasteiger partial charge in [0.25, 0.3) is 0 Å². The van der Waals surface area contributed by atoms with Crippen molar-refractivity contribution in [2.24, 2.45) is 0 Å². The molecule has 1 N–H and O–H groups in total. The van der Waals surface area contributed by atoms with Gasteiger partial charge in [-0.1, -0.05) is 12.1 Å². The summed E-state index contributed by atoms with van der Waals surface area (Å²) in [4.78, 5) is 11.0. The maximum Gasteiger partial charge on any atom is 0.322 e. The monoisotopic (exact) mass is 287 g/mol. The summed E-state index contributed by atoms with van der Waals surface area (Å²) in [7, 11) is -3.69. The highest BCUT2D eigenvalue weighted by Gasteiger charge is 2.38. The molecule has 1 saturated heterocycles. The molecule has 19 heavy (non-hydrogen) atoms. The van der Waals surface area contributed by atoms with E-state index < -0.39 is 27.9 Å². The average molecular weight is 287 g/mol. The summed E-state index contributed by atoms with van der Waals surface area (Å²) in [6, 6.07) is 4.16. The fourth-order valence-corrected chi connectivity index (χ4v) is 3.96. The van der Waals surface area contributed by atoms with Crippen LogP contribution in [-0.2, 0) is 20.6 Å². The predicted molar refractivity (Wildman–Crippen MR) is 66.4 cm³/mol. The molecule has 0 bridgehead atoms. The smallest absolute Gasteiger partial charge is 0.322 e. The van der Waals surface area contributed by atoms with Gasteiger partial charge < -0.3 is 5.11 Å². The molecule has 0 saturated carbocycles. The van der Waals surface area contributed by atoms with Gasteiger partial charge in [-0.2, -0.15) is 4.31 Å². The summed E-state index contributed by atoms with van der Waals surface area (Å²) < 4.78 is 38.1. The van der Waals surface area contributed by atoms with Crippen LogP contribution in [0.3, 0.4) is 0 Å². The SMILES string of the molecule is O=C(O)[C@@H]1CCCN1S(=O)(=O)Cc1ccc(F)cc1. The maximum atomic E-state index is 12.8. The van der Waals surface area contributed by atoms with Crippen molar-refractivity contribution in [3.05, 3.63) is 35.6 Å². The first-order chi connectivity index (χ1) is 8.90. The van der Waals surface area contributed by atoms with Crippen molar-refractivity contribution in [3.8, 4) is 0 Å². The molecule has 5 nitrogen and oxygen atoms in total. The van der Waals surface area contributed by atoms with E-state index in [1.54, 1.807) is 0 Å². The zero-order valence-corrected chi connectivity index (χ0v) is 10.9. The molecule has 1 aromatic carbocycles. The van der Waals surface area contributed by atoms with Crippen LogP contribution in [0.25, 0.3) is 0 Å². The summed E-state index contributed by atoms with van der Waals surface area (Å²) in [5, 5.41) is 8.99. The number of halogens is 1.